The van der Waals surface area contributed by atoms with E-state index >= 15 is 0 Å². The minimum absolute atomic E-state index is 0.0339. The summed E-state index contributed by atoms with van der Waals surface area (Å²) < 4.78 is 50.8. The fourth-order valence-corrected chi connectivity index (χ4v) is 4.74. The van der Waals surface area contributed by atoms with Gasteiger partial charge in [-0.3, -0.25) is 9.52 Å². The molecule has 0 saturated carbocycles. The summed E-state index contributed by atoms with van der Waals surface area (Å²) >= 11 is 1.55. The SMILES string of the molecule is COc1c(NS(=O)N2CCC(F)C2)ccc(F)c1C(=O)c1c[nH]c2ncc(Br)cc12. The number of nitrogens with zero attached hydrogens (tertiary/aromatic N) is 2. The van der Waals surface area contributed by atoms with Gasteiger partial charge >= 0.3 is 0 Å². The zero-order valence-electron chi connectivity index (χ0n) is 15.7. The van der Waals surface area contributed by atoms with Gasteiger partial charge in [-0.25, -0.2) is 22.3 Å². The molecule has 0 spiro atoms. The first-order valence-corrected chi connectivity index (χ1v) is 10.9. The van der Waals surface area contributed by atoms with Gasteiger partial charge in [0.15, 0.2) is 16.9 Å². The number of rotatable bonds is 6. The van der Waals surface area contributed by atoms with Crippen molar-refractivity contribution >= 4 is 49.6 Å². The van der Waals surface area contributed by atoms with E-state index in [1.165, 1.54) is 23.7 Å². The number of methoxy groups -OCH3 is 1. The summed E-state index contributed by atoms with van der Waals surface area (Å²) in [7, 11) is 1.29. The zero-order valence-corrected chi connectivity index (χ0v) is 18.1. The quantitative estimate of drug-likeness (QED) is 0.506. The lowest BCUT2D eigenvalue weighted by atomic mass is 10.0. The predicted molar refractivity (Wildman–Crippen MR) is 113 cm³/mol. The Hall–Kier alpha value is -2.37. The number of alkyl halides is 1. The van der Waals surface area contributed by atoms with E-state index in [4.69, 9.17) is 4.74 Å². The number of carbonyl (C=O) groups is 1. The van der Waals surface area contributed by atoms with Crippen molar-refractivity contribution in [3.63, 3.8) is 0 Å². The van der Waals surface area contributed by atoms with Crippen molar-refractivity contribution in [3.05, 3.63) is 52.0 Å². The summed E-state index contributed by atoms with van der Waals surface area (Å²) in [6, 6.07) is 4.13. The van der Waals surface area contributed by atoms with Crippen molar-refractivity contribution in [2.24, 2.45) is 0 Å². The molecule has 1 aromatic carbocycles. The number of ether oxygens (including phenoxy) is 1. The molecule has 3 aromatic rings. The highest BCUT2D eigenvalue weighted by molar-refractivity contribution is 9.10. The maximum absolute atomic E-state index is 14.7. The van der Waals surface area contributed by atoms with Crippen LogP contribution >= 0.6 is 15.9 Å². The molecule has 0 bridgehead atoms. The second-order valence-corrected chi connectivity index (χ2v) is 8.84. The van der Waals surface area contributed by atoms with Crippen molar-refractivity contribution in [1.29, 1.82) is 0 Å². The van der Waals surface area contributed by atoms with Crippen molar-refractivity contribution < 1.29 is 22.5 Å². The number of hydrogen-bond donors (Lipinski definition) is 2. The topological polar surface area (TPSA) is 87.3 Å². The third-order valence-corrected chi connectivity index (χ3v) is 6.43. The van der Waals surface area contributed by atoms with Crippen LogP contribution in [-0.4, -0.2) is 50.6 Å². The van der Waals surface area contributed by atoms with E-state index in [-0.39, 0.29) is 29.1 Å². The lowest BCUT2D eigenvalue weighted by molar-refractivity contribution is 0.103. The van der Waals surface area contributed by atoms with Gasteiger partial charge in [0.2, 0.25) is 5.78 Å². The molecule has 2 atom stereocenters. The van der Waals surface area contributed by atoms with Crippen LogP contribution in [0.15, 0.2) is 35.1 Å². The first-order chi connectivity index (χ1) is 14.4. The Morgan fingerprint density at radius 1 is 1.47 bits per heavy atom. The van der Waals surface area contributed by atoms with Crippen LogP contribution in [0.5, 0.6) is 5.75 Å². The van der Waals surface area contributed by atoms with Gasteiger partial charge in [0, 0.05) is 40.9 Å². The lowest BCUT2D eigenvalue weighted by Gasteiger charge is -2.18. The standard InChI is InChI=1S/C19H17BrF2N4O3S/c1-29-18-15(25-30(28)26-5-4-11(21)9-26)3-2-14(22)16(18)17(27)13-8-24-19-12(13)6-10(20)7-23-19/h2-3,6-8,11,25H,4-5,9H2,1H3,(H,23,24). The number of hydrogen-bond acceptors (Lipinski definition) is 4. The predicted octanol–water partition coefficient (Wildman–Crippen LogP) is 3.74. The van der Waals surface area contributed by atoms with Crippen LogP contribution in [0.1, 0.15) is 22.3 Å². The molecule has 7 nitrogen and oxygen atoms in total. The second kappa shape index (κ2) is 8.40. The maximum Gasteiger partial charge on any atom is 0.202 e. The molecule has 0 aliphatic carbocycles. The van der Waals surface area contributed by atoms with Gasteiger partial charge in [-0.15, -0.1) is 0 Å². The van der Waals surface area contributed by atoms with Crippen LogP contribution in [0.25, 0.3) is 11.0 Å². The van der Waals surface area contributed by atoms with E-state index in [1.807, 2.05) is 0 Å². The number of nitrogens with one attached hydrogen (secondary N) is 2. The highest BCUT2D eigenvalue weighted by Gasteiger charge is 2.29. The number of H-pyrrole nitrogens is 1. The third kappa shape index (κ3) is 3.84. The van der Waals surface area contributed by atoms with Gasteiger partial charge < -0.3 is 9.72 Å². The number of aromatic nitrogens is 2. The minimum Gasteiger partial charge on any atom is -0.494 e. The fraction of sp³-hybridized carbons (Fsp3) is 0.263. The molecule has 3 heterocycles. The summed E-state index contributed by atoms with van der Waals surface area (Å²) in [5.41, 5.74) is 0.562. The van der Waals surface area contributed by atoms with Crippen LogP contribution in [0.4, 0.5) is 14.5 Å². The monoisotopic (exact) mass is 498 g/mol. The highest BCUT2D eigenvalue weighted by atomic mass is 79.9. The molecule has 1 fully saturated rings. The highest BCUT2D eigenvalue weighted by Crippen LogP contribution is 2.35. The van der Waals surface area contributed by atoms with Gasteiger partial charge in [-0.05, 0) is 40.5 Å². The van der Waals surface area contributed by atoms with E-state index in [0.717, 1.165) is 6.07 Å². The Morgan fingerprint density at radius 3 is 2.97 bits per heavy atom. The maximum atomic E-state index is 14.7. The van der Waals surface area contributed by atoms with Crippen LogP contribution in [0, 0.1) is 5.82 Å². The summed E-state index contributed by atoms with van der Waals surface area (Å²) in [6.07, 6.45) is 2.28. The van der Waals surface area contributed by atoms with Gasteiger partial charge in [0.25, 0.3) is 0 Å². The molecule has 158 valence electrons. The van der Waals surface area contributed by atoms with E-state index in [0.29, 0.717) is 28.5 Å². The molecule has 0 amide bonds. The molecule has 2 aromatic heterocycles. The van der Waals surface area contributed by atoms with Crippen molar-refractivity contribution in [2.75, 3.05) is 24.9 Å². The number of ketones is 1. The van der Waals surface area contributed by atoms with Crippen molar-refractivity contribution in [1.82, 2.24) is 14.3 Å². The Morgan fingerprint density at radius 2 is 2.27 bits per heavy atom. The van der Waals surface area contributed by atoms with E-state index in [1.54, 1.807) is 12.3 Å². The Bertz CT molecular complexity index is 1160. The van der Waals surface area contributed by atoms with Gasteiger partial charge in [0.1, 0.15) is 23.2 Å². The second-order valence-electron chi connectivity index (χ2n) is 6.71. The number of benzene rings is 1. The smallest absolute Gasteiger partial charge is 0.202 e. The summed E-state index contributed by atoms with van der Waals surface area (Å²) in [6.45, 7) is 0.361. The molecule has 1 aliphatic heterocycles. The number of halogens is 3. The van der Waals surface area contributed by atoms with E-state index < -0.39 is 28.9 Å². The average molecular weight is 499 g/mol. The first kappa shape index (κ1) is 20.9. The van der Waals surface area contributed by atoms with Crippen LogP contribution in [0.2, 0.25) is 0 Å². The normalized spacial score (nSPS) is 17.9. The number of carbonyl (C=O) groups excluding carboxylic acids is 1. The largest absolute Gasteiger partial charge is 0.494 e. The summed E-state index contributed by atoms with van der Waals surface area (Å²) in [5, 5.41) is 0.517. The Balaban J connectivity index is 1.72. The molecule has 2 unspecified atom stereocenters. The van der Waals surface area contributed by atoms with Gasteiger partial charge in [-0.2, -0.15) is 0 Å². The molecular formula is C19H17BrF2N4O3S. The fourth-order valence-electron chi connectivity index (χ4n) is 3.36. The Kier molecular flexibility index (Phi) is 5.85. The molecule has 30 heavy (non-hydrogen) atoms. The Labute approximate surface area is 181 Å². The van der Waals surface area contributed by atoms with Crippen LogP contribution in [-0.2, 0) is 11.2 Å². The first-order valence-electron chi connectivity index (χ1n) is 9.00. The van der Waals surface area contributed by atoms with Gasteiger partial charge in [-0.1, -0.05) is 0 Å². The van der Waals surface area contributed by atoms with Gasteiger partial charge in [0.05, 0.1) is 12.8 Å². The number of pyridine rings is 1. The zero-order chi connectivity index (χ0) is 21.4. The van der Waals surface area contributed by atoms with Crippen LogP contribution in [0.3, 0.4) is 0 Å². The number of aromatic amines is 1. The molecule has 4 rings (SSSR count). The molecule has 1 aliphatic rings. The molecule has 0 radical (unpaired) electrons. The average Bonchev–Trinajstić information content (AvgIpc) is 3.34. The van der Waals surface area contributed by atoms with Crippen molar-refractivity contribution in [2.45, 2.75) is 12.6 Å². The molecule has 2 N–H and O–H groups in total. The molecule has 1 saturated heterocycles. The van der Waals surface area contributed by atoms with Crippen molar-refractivity contribution in [3.8, 4) is 5.75 Å². The summed E-state index contributed by atoms with van der Waals surface area (Å²) in [5.74, 6) is -1.48. The lowest BCUT2D eigenvalue weighted by Crippen LogP contribution is -2.28. The molecule has 11 heteroatoms. The summed E-state index contributed by atoms with van der Waals surface area (Å²) in [4.78, 5) is 20.3. The number of anilines is 1. The van der Waals surface area contributed by atoms with Crippen LogP contribution < -0.4 is 9.46 Å². The number of fused-ring (bicyclic) bond motifs is 1. The minimum atomic E-state index is -1.76. The van der Waals surface area contributed by atoms with E-state index in [2.05, 4.69) is 30.6 Å². The third-order valence-electron chi connectivity index (χ3n) is 4.81. The molecular weight excluding hydrogens is 482 g/mol. The van der Waals surface area contributed by atoms with E-state index in [9.17, 15) is 17.8 Å².